The first-order valence-electron chi connectivity index (χ1n) is 7.48. The second-order valence-corrected chi connectivity index (χ2v) is 5.02. The minimum Gasteiger partial charge on any atom is -0.382 e. The zero-order chi connectivity index (χ0) is 16.8. The molecule has 0 heterocycles. The molecule has 1 aromatic carbocycles. The lowest BCUT2D eigenvalue weighted by atomic mass is 10.2. The molecular weight excluding hydrogens is 303 g/mol. The molecule has 1 rings (SSSR count). The van der Waals surface area contributed by atoms with Crippen molar-refractivity contribution in [3.8, 4) is 0 Å². The summed E-state index contributed by atoms with van der Waals surface area (Å²) < 4.78 is 13.0. The smallest absolute Gasteiger partial charge is 0.252 e. The Balaban J connectivity index is 0.000000425. The molecule has 22 heavy (non-hydrogen) atoms. The van der Waals surface area contributed by atoms with Crippen molar-refractivity contribution in [1.29, 1.82) is 0 Å². The van der Waals surface area contributed by atoms with Gasteiger partial charge in [0.25, 0.3) is 5.24 Å². The first kappa shape index (κ1) is 20.6. The van der Waals surface area contributed by atoms with Gasteiger partial charge in [0.05, 0.1) is 0 Å². The maximum Gasteiger partial charge on any atom is 0.252 e. The molecule has 1 N–H and O–H groups in total. The highest BCUT2D eigenvalue weighted by Gasteiger charge is 2.04. The Morgan fingerprint density at radius 2 is 1.82 bits per heavy atom. The summed E-state index contributed by atoms with van der Waals surface area (Å²) in [6.07, 6.45) is 7.21. The first-order chi connectivity index (χ1) is 10.5. The van der Waals surface area contributed by atoms with Crippen LogP contribution < -0.4 is 0 Å². The van der Waals surface area contributed by atoms with Crippen molar-refractivity contribution in [3.05, 3.63) is 60.0 Å². The first-order valence-corrected chi connectivity index (χ1v) is 7.85. The number of hydrogen-bond acceptors (Lipinski definition) is 2. The molecule has 0 bridgehead atoms. The molecule has 0 spiro atoms. The Kier molecular flexibility index (Phi) is 12.4. The van der Waals surface area contributed by atoms with E-state index < -0.39 is 17.2 Å². The Morgan fingerprint density at radius 1 is 1.23 bits per heavy atom. The molecule has 2 nitrogen and oxygen atoms in total. The number of benzene rings is 1. The quantitative estimate of drug-likeness (QED) is 0.536. The fourth-order valence-electron chi connectivity index (χ4n) is 1.46. The summed E-state index contributed by atoms with van der Waals surface area (Å²) >= 11 is 5.16. The number of aliphatic hydroxyl groups is 1. The number of carbonyl (C=O) groups is 1. The lowest BCUT2D eigenvalue weighted by Crippen LogP contribution is -2.02. The SMILES string of the molecule is CCC/C=C\C(O)/C(F)=C\CCC.O=C(Cl)c1ccccc1. The van der Waals surface area contributed by atoms with E-state index in [0.29, 0.717) is 12.0 Å². The summed E-state index contributed by atoms with van der Waals surface area (Å²) in [6, 6.07) is 8.74. The Hall–Kier alpha value is -1.45. The molecule has 0 aliphatic rings. The van der Waals surface area contributed by atoms with E-state index in [1.807, 2.05) is 26.0 Å². The Labute approximate surface area is 137 Å². The van der Waals surface area contributed by atoms with Crippen LogP contribution in [-0.4, -0.2) is 16.5 Å². The molecule has 0 amide bonds. The van der Waals surface area contributed by atoms with Crippen LogP contribution in [0.5, 0.6) is 0 Å². The largest absolute Gasteiger partial charge is 0.382 e. The fourth-order valence-corrected chi connectivity index (χ4v) is 1.58. The molecule has 1 aromatic rings. The van der Waals surface area contributed by atoms with Gasteiger partial charge >= 0.3 is 0 Å². The molecule has 0 saturated carbocycles. The Bertz CT molecular complexity index is 469. The van der Waals surface area contributed by atoms with Crippen molar-refractivity contribution >= 4 is 16.8 Å². The van der Waals surface area contributed by atoms with Gasteiger partial charge in [0, 0.05) is 5.56 Å². The highest BCUT2D eigenvalue weighted by molar-refractivity contribution is 6.67. The highest BCUT2D eigenvalue weighted by Crippen LogP contribution is 2.08. The van der Waals surface area contributed by atoms with Crippen molar-refractivity contribution in [3.63, 3.8) is 0 Å². The van der Waals surface area contributed by atoms with E-state index in [4.69, 9.17) is 11.6 Å². The second-order valence-electron chi connectivity index (χ2n) is 4.68. The van der Waals surface area contributed by atoms with Crippen molar-refractivity contribution in [2.45, 2.75) is 45.6 Å². The maximum absolute atomic E-state index is 13.0. The molecule has 0 aliphatic heterocycles. The summed E-state index contributed by atoms with van der Waals surface area (Å²) in [5, 5.41) is 8.83. The number of carbonyl (C=O) groups excluding carboxylic acids is 1. The van der Waals surface area contributed by atoms with Crippen LogP contribution in [0.1, 0.15) is 49.9 Å². The normalized spacial score (nSPS) is 12.7. The molecule has 122 valence electrons. The Morgan fingerprint density at radius 3 is 2.27 bits per heavy atom. The third-order valence-electron chi connectivity index (χ3n) is 2.69. The van der Waals surface area contributed by atoms with Gasteiger partial charge in [-0.1, -0.05) is 69.2 Å². The van der Waals surface area contributed by atoms with Crippen molar-refractivity contribution in [2.24, 2.45) is 0 Å². The predicted octanol–water partition coefficient (Wildman–Crippen LogP) is 5.42. The standard InChI is InChI=1S/C11H19FO.C7H5ClO/c1-3-5-7-9-11(13)10(12)8-6-4-2;8-7(9)6-4-2-1-3-5-6/h7-9,11,13H,3-6H2,1-2H3;1-5H/b9-7-,10-8+;. The van der Waals surface area contributed by atoms with Gasteiger partial charge in [0.2, 0.25) is 0 Å². The molecule has 1 atom stereocenters. The zero-order valence-electron chi connectivity index (χ0n) is 13.1. The van der Waals surface area contributed by atoms with E-state index in [9.17, 15) is 14.3 Å². The van der Waals surface area contributed by atoms with Gasteiger partial charge in [-0.3, -0.25) is 4.79 Å². The van der Waals surface area contributed by atoms with Gasteiger partial charge in [-0.25, -0.2) is 4.39 Å². The third kappa shape index (κ3) is 10.3. The van der Waals surface area contributed by atoms with Crippen molar-refractivity contribution in [2.75, 3.05) is 0 Å². The summed E-state index contributed by atoms with van der Waals surface area (Å²) in [5.41, 5.74) is 0.541. The van der Waals surface area contributed by atoms with Crippen LogP contribution in [0.15, 0.2) is 54.4 Å². The lowest BCUT2D eigenvalue weighted by Gasteiger charge is -2.01. The van der Waals surface area contributed by atoms with Gasteiger partial charge in [0.15, 0.2) is 0 Å². The van der Waals surface area contributed by atoms with Gasteiger partial charge in [0.1, 0.15) is 11.9 Å². The summed E-state index contributed by atoms with van der Waals surface area (Å²) in [5.74, 6) is -0.436. The molecule has 1 unspecified atom stereocenters. The van der Waals surface area contributed by atoms with Crippen LogP contribution >= 0.6 is 11.6 Å². The summed E-state index contributed by atoms with van der Waals surface area (Å²) in [6.45, 7) is 4.02. The van der Waals surface area contributed by atoms with Crippen LogP contribution in [0.3, 0.4) is 0 Å². The van der Waals surface area contributed by atoms with Gasteiger partial charge < -0.3 is 5.11 Å². The number of allylic oxidation sites excluding steroid dienone is 2. The summed E-state index contributed by atoms with van der Waals surface area (Å²) in [7, 11) is 0. The van der Waals surface area contributed by atoms with Crippen LogP contribution in [0.4, 0.5) is 4.39 Å². The van der Waals surface area contributed by atoms with Crippen molar-refractivity contribution in [1.82, 2.24) is 0 Å². The fraction of sp³-hybridized carbons (Fsp3) is 0.389. The minimum absolute atomic E-state index is 0.407. The molecule has 0 aliphatic carbocycles. The second kappa shape index (κ2) is 13.2. The average molecular weight is 327 g/mol. The number of hydrogen-bond donors (Lipinski definition) is 1. The van der Waals surface area contributed by atoms with Crippen LogP contribution in [-0.2, 0) is 0 Å². The van der Waals surface area contributed by atoms with E-state index >= 15 is 0 Å². The van der Waals surface area contributed by atoms with Gasteiger partial charge in [-0.15, -0.1) is 0 Å². The molecule has 4 heteroatoms. The zero-order valence-corrected chi connectivity index (χ0v) is 13.9. The minimum atomic E-state index is -1.04. The van der Waals surface area contributed by atoms with Crippen LogP contribution in [0, 0.1) is 0 Å². The van der Waals surface area contributed by atoms with E-state index in [0.717, 1.165) is 19.3 Å². The van der Waals surface area contributed by atoms with E-state index in [2.05, 4.69) is 0 Å². The average Bonchev–Trinajstić information content (AvgIpc) is 2.54. The maximum atomic E-state index is 13.0. The number of aliphatic hydroxyl groups excluding tert-OH is 1. The monoisotopic (exact) mass is 326 g/mol. The van der Waals surface area contributed by atoms with Crippen LogP contribution in [0.25, 0.3) is 0 Å². The number of rotatable bonds is 7. The topological polar surface area (TPSA) is 37.3 Å². The van der Waals surface area contributed by atoms with E-state index in [-0.39, 0.29) is 0 Å². The molecule has 0 fully saturated rings. The lowest BCUT2D eigenvalue weighted by molar-refractivity contribution is 0.108. The van der Waals surface area contributed by atoms with Gasteiger partial charge in [-0.05, 0) is 30.5 Å². The van der Waals surface area contributed by atoms with Crippen LogP contribution in [0.2, 0.25) is 0 Å². The molecule has 0 saturated heterocycles. The molecular formula is C18H24ClFO2. The molecule has 0 aromatic heterocycles. The number of halogens is 2. The van der Waals surface area contributed by atoms with Gasteiger partial charge in [-0.2, -0.15) is 0 Å². The third-order valence-corrected chi connectivity index (χ3v) is 2.90. The molecule has 0 radical (unpaired) electrons. The predicted molar refractivity (Wildman–Crippen MR) is 90.8 cm³/mol. The van der Waals surface area contributed by atoms with E-state index in [1.54, 1.807) is 24.3 Å². The van der Waals surface area contributed by atoms with E-state index in [1.165, 1.54) is 12.2 Å². The van der Waals surface area contributed by atoms with Crippen molar-refractivity contribution < 1.29 is 14.3 Å². The summed E-state index contributed by atoms with van der Waals surface area (Å²) in [4.78, 5) is 10.4. The number of unbranched alkanes of at least 4 members (excludes halogenated alkanes) is 2. The highest BCUT2D eigenvalue weighted by atomic mass is 35.5.